The summed E-state index contributed by atoms with van der Waals surface area (Å²) < 4.78 is 11.9. The van der Waals surface area contributed by atoms with Gasteiger partial charge < -0.3 is 14.8 Å². The molecule has 4 heteroatoms. The minimum absolute atomic E-state index is 0.0000944. The average molecular weight is 304 g/mol. The van der Waals surface area contributed by atoms with Gasteiger partial charge in [-0.3, -0.25) is 4.90 Å². The fourth-order valence-corrected chi connectivity index (χ4v) is 3.92. The molecule has 1 saturated heterocycles. The van der Waals surface area contributed by atoms with Crippen molar-refractivity contribution >= 4 is 0 Å². The van der Waals surface area contributed by atoms with Crippen LogP contribution in [0, 0.1) is 0 Å². The highest BCUT2D eigenvalue weighted by atomic mass is 16.5. The van der Waals surface area contributed by atoms with Crippen molar-refractivity contribution in [3.63, 3.8) is 0 Å². The molecule has 0 aliphatic carbocycles. The highest BCUT2D eigenvalue weighted by molar-refractivity contribution is 5.44. The van der Waals surface area contributed by atoms with Gasteiger partial charge in [0, 0.05) is 18.0 Å². The molecule has 2 aliphatic rings. The second kappa shape index (κ2) is 6.47. The predicted molar refractivity (Wildman–Crippen MR) is 88.7 cm³/mol. The number of nitrogens with one attached hydrogen (secondary N) is 1. The van der Waals surface area contributed by atoms with Crippen LogP contribution >= 0.6 is 0 Å². The van der Waals surface area contributed by atoms with Crippen molar-refractivity contribution in [2.75, 3.05) is 33.3 Å². The molecule has 1 fully saturated rings. The van der Waals surface area contributed by atoms with Crippen molar-refractivity contribution in [2.45, 2.75) is 44.8 Å². The van der Waals surface area contributed by atoms with Gasteiger partial charge in [0.1, 0.15) is 17.1 Å². The largest absolute Gasteiger partial charge is 0.497 e. The number of hydrogen-bond acceptors (Lipinski definition) is 4. The molecule has 1 aromatic carbocycles. The Kier molecular flexibility index (Phi) is 4.59. The molecule has 0 amide bonds. The lowest BCUT2D eigenvalue weighted by Gasteiger charge is -2.47. The Balaban J connectivity index is 1.99. The molecule has 0 saturated carbocycles. The molecular weight excluding hydrogens is 276 g/mol. The molecule has 1 N–H and O–H groups in total. The Labute approximate surface area is 133 Å². The van der Waals surface area contributed by atoms with E-state index in [9.17, 15) is 0 Å². The van der Waals surface area contributed by atoms with Crippen LogP contribution in [0.1, 0.15) is 44.7 Å². The van der Waals surface area contributed by atoms with Crippen LogP contribution in [0.4, 0.5) is 0 Å². The molecule has 122 valence electrons. The highest BCUT2D eigenvalue weighted by Gasteiger charge is 2.43. The van der Waals surface area contributed by atoms with E-state index >= 15 is 0 Å². The molecule has 3 rings (SSSR count). The number of ether oxygens (including phenoxy) is 2. The van der Waals surface area contributed by atoms with E-state index in [1.54, 1.807) is 7.11 Å². The van der Waals surface area contributed by atoms with Gasteiger partial charge in [-0.2, -0.15) is 0 Å². The second-order valence-corrected chi connectivity index (χ2v) is 6.38. The molecule has 22 heavy (non-hydrogen) atoms. The summed E-state index contributed by atoms with van der Waals surface area (Å²) in [4.78, 5) is 2.55. The lowest BCUT2D eigenvalue weighted by molar-refractivity contribution is -0.0183. The van der Waals surface area contributed by atoms with E-state index in [1.807, 2.05) is 6.07 Å². The molecular formula is C18H28N2O2. The summed E-state index contributed by atoms with van der Waals surface area (Å²) in [6.45, 7) is 8.72. The maximum absolute atomic E-state index is 6.51. The van der Waals surface area contributed by atoms with Gasteiger partial charge >= 0.3 is 0 Å². The zero-order valence-electron chi connectivity index (χ0n) is 14.0. The van der Waals surface area contributed by atoms with E-state index in [0.29, 0.717) is 6.04 Å². The summed E-state index contributed by atoms with van der Waals surface area (Å²) in [6, 6.07) is 6.69. The van der Waals surface area contributed by atoms with Crippen molar-refractivity contribution in [2.24, 2.45) is 0 Å². The normalized spacial score (nSPS) is 23.2. The summed E-state index contributed by atoms with van der Waals surface area (Å²) >= 11 is 0. The van der Waals surface area contributed by atoms with Crippen molar-refractivity contribution < 1.29 is 9.47 Å². The smallest absolute Gasteiger partial charge is 0.125 e. The first-order chi connectivity index (χ1) is 10.7. The van der Waals surface area contributed by atoms with E-state index < -0.39 is 0 Å². The maximum atomic E-state index is 6.51. The van der Waals surface area contributed by atoms with Crippen LogP contribution in [0.15, 0.2) is 18.2 Å². The Hall–Kier alpha value is -1.26. The maximum Gasteiger partial charge on any atom is 0.125 e. The first-order valence-corrected chi connectivity index (χ1v) is 8.53. The Bertz CT molecular complexity index is 508. The summed E-state index contributed by atoms with van der Waals surface area (Å²) in [6.07, 6.45) is 3.27. The molecule has 2 heterocycles. The van der Waals surface area contributed by atoms with Crippen LogP contribution in [0.25, 0.3) is 0 Å². The lowest BCUT2D eigenvalue weighted by atomic mass is 9.80. The Morgan fingerprint density at radius 2 is 2.00 bits per heavy atom. The van der Waals surface area contributed by atoms with Gasteiger partial charge in [0.05, 0.1) is 7.11 Å². The van der Waals surface area contributed by atoms with Gasteiger partial charge in [-0.05, 0) is 57.2 Å². The molecule has 0 aromatic heterocycles. The molecule has 2 aliphatic heterocycles. The van der Waals surface area contributed by atoms with Gasteiger partial charge in [0.2, 0.25) is 0 Å². The number of benzene rings is 1. The Morgan fingerprint density at radius 1 is 1.27 bits per heavy atom. The monoisotopic (exact) mass is 304 g/mol. The van der Waals surface area contributed by atoms with Gasteiger partial charge in [-0.1, -0.05) is 13.8 Å². The minimum Gasteiger partial charge on any atom is -0.497 e. The zero-order valence-corrected chi connectivity index (χ0v) is 14.0. The van der Waals surface area contributed by atoms with Gasteiger partial charge in [-0.25, -0.2) is 0 Å². The molecule has 1 aromatic rings. The third-order valence-electron chi connectivity index (χ3n) is 5.24. The molecule has 4 nitrogen and oxygen atoms in total. The number of rotatable bonds is 4. The molecule has 0 radical (unpaired) electrons. The van der Waals surface area contributed by atoms with Gasteiger partial charge in [-0.15, -0.1) is 0 Å². The van der Waals surface area contributed by atoms with Crippen molar-refractivity contribution in [1.29, 1.82) is 0 Å². The first kappa shape index (κ1) is 15.6. The van der Waals surface area contributed by atoms with Crippen LogP contribution < -0.4 is 14.8 Å². The van der Waals surface area contributed by atoms with Crippen LogP contribution in [0.3, 0.4) is 0 Å². The molecule has 1 spiro atoms. The number of hydrogen-bond donors (Lipinski definition) is 1. The topological polar surface area (TPSA) is 33.7 Å². The zero-order chi connectivity index (χ0) is 15.6. The van der Waals surface area contributed by atoms with Crippen molar-refractivity contribution in [3.8, 4) is 11.5 Å². The van der Waals surface area contributed by atoms with E-state index in [2.05, 4.69) is 36.2 Å². The number of fused-ring (bicyclic) bond motifs is 1. The van der Waals surface area contributed by atoms with E-state index in [0.717, 1.165) is 56.9 Å². The van der Waals surface area contributed by atoms with Crippen LogP contribution in [0.5, 0.6) is 11.5 Å². The SMILES string of the molecule is CCN(CC)C1CC2(CCNCC2)Oc2ccc(OC)cc21. The summed E-state index contributed by atoms with van der Waals surface area (Å²) in [7, 11) is 1.73. The fourth-order valence-electron chi connectivity index (χ4n) is 3.92. The highest BCUT2D eigenvalue weighted by Crippen LogP contribution is 2.46. The third-order valence-corrected chi connectivity index (χ3v) is 5.24. The summed E-state index contributed by atoms with van der Waals surface area (Å²) in [5.74, 6) is 1.96. The van der Waals surface area contributed by atoms with E-state index in [1.165, 1.54) is 5.56 Å². The predicted octanol–water partition coefficient (Wildman–Crippen LogP) is 2.98. The van der Waals surface area contributed by atoms with Gasteiger partial charge in [0.25, 0.3) is 0 Å². The van der Waals surface area contributed by atoms with E-state index in [4.69, 9.17) is 9.47 Å². The minimum atomic E-state index is 0.0000944. The van der Waals surface area contributed by atoms with Crippen molar-refractivity contribution in [3.05, 3.63) is 23.8 Å². The molecule has 1 unspecified atom stereocenters. The van der Waals surface area contributed by atoms with Crippen LogP contribution in [0.2, 0.25) is 0 Å². The van der Waals surface area contributed by atoms with E-state index in [-0.39, 0.29) is 5.60 Å². The molecule has 1 atom stereocenters. The second-order valence-electron chi connectivity index (χ2n) is 6.38. The number of methoxy groups -OCH3 is 1. The molecule has 0 bridgehead atoms. The van der Waals surface area contributed by atoms with Crippen molar-refractivity contribution in [1.82, 2.24) is 10.2 Å². The Morgan fingerprint density at radius 3 is 2.64 bits per heavy atom. The van der Waals surface area contributed by atoms with Crippen LogP contribution in [-0.4, -0.2) is 43.8 Å². The number of piperidine rings is 1. The number of nitrogens with zero attached hydrogens (tertiary/aromatic N) is 1. The average Bonchev–Trinajstić information content (AvgIpc) is 2.56. The van der Waals surface area contributed by atoms with Crippen LogP contribution in [-0.2, 0) is 0 Å². The summed E-state index contributed by atoms with van der Waals surface area (Å²) in [5, 5.41) is 3.46. The standard InChI is InChI=1S/C18H28N2O2/c1-4-20(5-2)16-13-18(8-10-19-11-9-18)22-17-7-6-14(21-3)12-15(16)17/h6-7,12,16,19H,4-5,8-11,13H2,1-3H3. The fraction of sp³-hybridized carbons (Fsp3) is 0.667. The summed E-state index contributed by atoms with van der Waals surface area (Å²) in [5.41, 5.74) is 1.28. The first-order valence-electron chi connectivity index (χ1n) is 8.53. The van der Waals surface area contributed by atoms with Gasteiger partial charge in [0.15, 0.2) is 0 Å². The third kappa shape index (κ3) is 2.82. The quantitative estimate of drug-likeness (QED) is 0.927. The lowest BCUT2D eigenvalue weighted by Crippen LogP contribution is -2.51.